The molecule has 0 amide bonds. The minimum absolute atomic E-state index is 0.366. The Hall–Kier alpha value is -1.62. The first-order chi connectivity index (χ1) is 8.67. The smallest absolute Gasteiger partial charge is 0.224 e. The van der Waals surface area contributed by atoms with Crippen LogP contribution in [-0.4, -0.2) is 21.3 Å². The quantitative estimate of drug-likeness (QED) is 0.926. The summed E-state index contributed by atoms with van der Waals surface area (Å²) in [7, 11) is 0. The fourth-order valence-electron chi connectivity index (χ4n) is 1.76. The molecule has 96 valence electrons. The van der Waals surface area contributed by atoms with E-state index in [-0.39, 0.29) is 0 Å². The number of aromatic nitrogens is 3. The van der Waals surface area contributed by atoms with Gasteiger partial charge < -0.3 is 5.32 Å². The summed E-state index contributed by atoms with van der Waals surface area (Å²) < 4.78 is 15.7. The zero-order valence-corrected chi connectivity index (χ0v) is 11.0. The third-order valence-corrected chi connectivity index (χ3v) is 2.81. The van der Waals surface area contributed by atoms with Crippen molar-refractivity contribution in [3.63, 3.8) is 0 Å². The lowest BCUT2D eigenvalue weighted by Crippen LogP contribution is -2.07. The van der Waals surface area contributed by atoms with Crippen LogP contribution in [-0.2, 0) is 6.54 Å². The van der Waals surface area contributed by atoms with E-state index in [2.05, 4.69) is 15.5 Å². The van der Waals surface area contributed by atoms with Gasteiger partial charge in [0, 0.05) is 18.1 Å². The van der Waals surface area contributed by atoms with Crippen LogP contribution >= 0.6 is 11.6 Å². The van der Waals surface area contributed by atoms with E-state index in [0.717, 1.165) is 6.54 Å². The van der Waals surface area contributed by atoms with Crippen molar-refractivity contribution in [2.75, 3.05) is 11.9 Å². The van der Waals surface area contributed by atoms with Crippen molar-refractivity contribution in [3.05, 3.63) is 29.0 Å². The molecule has 0 aliphatic rings. The van der Waals surface area contributed by atoms with Crippen LogP contribution in [0.1, 0.15) is 13.8 Å². The summed E-state index contributed by atoms with van der Waals surface area (Å²) in [6.45, 7) is 5.33. The molecule has 18 heavy (non-hydrogen) atoms. The Labute approximate surface area is 110 Å². The molecule has 1 N–H and O–H groups in total. The van der Waals surface area contributed by atoms with Crippen molar-refractivity contribution < 1.29 is 4.39 Å². The average Bonchev–Trinajstić information content (AvgIpc) is 2.72. The minimum Gasteiger partial charge on any atom is -0.355 e. The summed E-state index contributed by atoms with van der Waals surface area (Å²) >= 11 is 5.74. The van der Waals surface area contributed by atoms with E-state index in [1.807, 2.05) is 18.4 Å². The van der Waals surface area contributed by atoms with Gasteiger partial charge in [-0.15, -0.1) is 10.2 Å². The molecule has 2 rings (SSSR count). The number of hydrogen-bond donors (Lipinski definition) is 1. The monoisotopic (exact) mass is 268 g/mol. The summed E-state index contributed by atoms with van der Waals surface area (Å²) in [6, 6.07) is 4.53. The number of anilines is 1. The number of rotatable bonds is 4. The lowest BCUT2D eigenvalue weighted by atomic mass is 10.2. The first-order valence-corrected chi connectivity index (χ1v) is 6.17. The Bertz CT molecular complexity index is 553. The van der Waals surface area contributed by atoms with Crippen LogP contribution in [0.2, 0.25) is 5.02 Å². The minimum atomic E-state index is -0.396. The Kier molecular flexibility index (Phi) is 3.81. The standard InChI is InChI=1S/C12H14ClFN4/c1-3-15-12-17-16-11(18(12)4-2)9-6-5-8(13)7-10(9)14/h5-7H,3-4H2,1-2H3,(H,15,17). The predicted octanol–water partition coefficient (Wildman–Crippen LogP) is 3.19. The summed E-state index contributed by atoms with van der Waals surface area (Å²) in [5, 5.41) is 11.5. The van der Waals surface area contributed by atoms with Crippen LogP contribution in [0.3, 0.4) is 0 Å². The van der Waals surface area contributed by atoms with Gasteiger partial charge in [-0.05, 0) is 32.0 Å². The Morgan fingerprint density at radius 3 is 2.72 bits per heavy atom. The second kappa shape index (κ2) is 5.35. The highest BCUT2D eigenvalue weighted by Gasteiger charge is 2.15. The van der Waals surface area contributed by atoms with Crippen LogP contribution in [0, 0.1) is 5.82 Å². The van der Waals surface area contributed by atoms with E-state index in [1.165, 1.54) is 6.07 Å². The molecule has 0 unspecified atom stereocenters. The molecule has 4 nitrogen and oxygen atoms in total. The van der Waals surface area contributed by atoms with Gasteiger partial charge >= 0.3 is 0 Å². The first kappa shape index (κ1) is 12.8. The third kappa shape index (κ3) is 2.31. The molecular weight excluding hydrogens is 255 g/mol. The van der Waals surface area contributed by atoms with E-state index in [4.69, 9.17) is 11.6 Å². The van der Waals surface area contributed by atoms with Gasteiger partial charge in [-0.1, -0.05) is 11.6 Å². The number of halogens is 2. The van der Waals surface area contributed by atoms with Gasteiger partial charge in [0.25, 0.3) is 0 Å². The highest BCUT2D eigenvalue weighted by atomic mass is 35.5. The zero-order valence-electron chi connectivity index (χ0n) is 10.2. The van der Waals surface area contributed by atoms with Gasteiger partial charge in [0.1, 0.15) is 5.82 Å². The summed E-state index contributed by atoms with van der Waals surface area (Å²) in [6.07, 6.45) is 0. The molecule has 0 aliphatic carbocycles. The van der Waals surface area contributed by atoms with Crippen molar-refractivity contribution in [1.82, 2.24) is 14.8 Å². The van der Waals surface area contributed by atoms with Crippen molar-refractivity contribution in [2.45, 2.75) is 20.4 Å². The molecule has 0 aliphatic heterocycles. The van der Waals surface area contributed by atoms with Crippen LogP contribution in [0.5, 0.6) is 0 Å². The third-order valence-electron chi connectivity index (χ3n) is 2.57. The normalized spacial score (nSPS) is 10.7. The number of nitrogens with zero attached hydrogens (tertiary/aromatic N) is 3. The number of nitrogens with one attached hydrogen (secondary N) is 1. The Morgan fingerprint density at radius 2 is 2.11 bits per heavy atom. The maximum absolute atomic E-state index is 13.9. The number of hydrogen-bond acceptors (Lipinski definition) is 3. The highest BCUT2D eigenvalue weighted by Crippen LogP contribution is 2.25. The van der Waals surface area contributed by atoms with Crippen molar-refractivity contribution >= 4 is 17.5 Å². The van der Waals surface area contributed by atoms with E-state index < -0.39 is 5.82 Å². The number of benzene rings is 1. The maximum atomic E-state index is 13.9. The van der Waals surface area contributed by atoms with Crippen LogP contribution in [0.25, 0.3) is 11.4 Å². The lowest BCUT2D eigenvalue weighted by Gasteiger charge is -2.08. The molecule has 0 saturated carbocycles. The molecule has 1 aromatic carbocycles. The molecule has 2 aromatic rings. The predicted molar refractivity (Wildman–Crippen MR) is 70.3 cm³/mol. The second-order valence-corrected chi connectivity index (χ2v) is 4.18. The topological polar surface area (TPSA) is 42.7 Å². The summed E-state index contributed by atoms with van der Waals surface area (Å²) in [4.78, 5) is 0. The molecule has 0 saturated heterocycles. The molecule has 0 radical (unpaired) electrons. The van der Waals surface area contributed by atoms with Crippen molar-refractivity contribution in [1.29, 1.82) is 0 Å². The van der Waals surface area contributed by atoms with E-state index in [9.17, 15) is 4.39 Å². The molecule has 0 fully saturated rings. The van der Waals surface area contributed by atoms with Crippen molar-refractivity contribution in [2.24, 2.45) is 0 Å². The largest absolute Gasteiger partial charge is 0.355 e. The summed E-state index contributed by atoms with van der Waals surface area (Å²) in [5.74, 6) is 0.750. The zero-order chi connectivity index (χ0) is 13.1. The van der Waals surface area contributed by atoms with Crippen LogP contribution < -0.4 is 5.32 Å². The van der Waals surface area contributed by atoms with Gasteiger partial charge in [0.15, 0.2) is 5.82 Å². The van der Waals surface area contributed by atoms with Gasteiger partial charge in [-0.2, -0.15) is 0 Å². The van der Waals surface area contributed by atoms with E-state index in [0.29, 0.717) is 28.9 Å². The molecular formula is C12H14ClFN4. The summed E-state index contributed by atoms with van der Waals surface area (Å²) in [5.41, 5.74) is 0.401. The fraction of sp³-hybridized carbons (Fsp3) is 0.333. The molecule has 1 heterocycles. The average molecular weight is 269 g/mol. The Balaban J connectivity index is 2.50. The highest BCUT2D eigenvalue weighted by molar-refractivity contribution is 6.30. The van der Waals surface area contributed by atoms with E-state index in [1.54, 1.807) is 12.1 Å². The lowest BCUT2D eigenvalue weighted by molar-refractivity contribution is 0.627. The van der Waals surface area contributed by atoms with Crippen LogP contribution in [0.4, 0.5) is 10.3 Å². The second-order valence-electron chi connectivity index (χ2n) is 3.75. The SMILES string of the molecule is CCNc1nnc(-c2ccc(Cl)cc2F)n1CC. The molecule has 0 spiro atoms. The fourth-order valence-corrected chi connectivity index (χ4v) is 1.92. The molecule has 1 aromatic heterocycles. The van der Waals surface area contributed by atoms with Gasteiger partial charge in [-0.3, -0.25) is 4.57 Å². The van der Waals surface area contributed by atoms with Crippen molar-refractivity contribution in [3.8, 4) is 11.4 Å². The van der Waals surface area contributed by atoms with Gasteiger partial charge in [0.05, 0.1) is 5.56 Å². The first-order valence-electron chi connectivity index (χ1n) is 5.79. The Morgan fingerprint density at radius 1 is 1.33 bits per heavy atom. The molecule has 0 atom stereocenters. The van der Waals surface area contributed by atoms with Gasteiger partial charge in [-0.25, -0.2) is 4.39 Å². The van der Waals surface area contributed by atoms with Crippen LogP contribution in [0.15, 0.2) is 18.2 Å². The van der Waals surface area contributed by atoms with E-state index >= 15 is 0 Å². The van der Waals surface area contributed by atoms with Gasteiger partial charge in [0.2, 0.25) is 5.95 Å². The maximum Gasteiger partial charge on any atom is 0.224 e. The molecule has 6 heteroatoms. The molecule has 0 bridgehead atoms.